The Kier molecular flexibility index (Phi) is 6.19. The number of para-hydroxylation sites is 2. The molecular formula is C20H24FN5. The highest BCUT2D eigenvalue weighted by atomic mass is 19.1. The number of imidazole rings is 1. The van der Waals surface area contributed by atoms with Crippen LogP contribution in [0.5, 0.6) is 0 Å². The molecule has 26 heavy (non-hydrogen) atoms. The second kappa shape index (κ2) is 8.99. The first-order chi connectivity index (χ1) is 12.8. The van der Waals surface area contributed by atoms with Crippen molar-refractivity contribution in [3.8, 4) is 0 Å². The molecule has 0 saturated carbocycles. The molecule has 2 aromatic carbocycles. The largest absolute Gasteiger partial charge is 0.356 e. The molecule has 5 nitrogen and oxygen atoms in total. The van der Waals surface area contributed by atoms with E-state index in [9.17, 15) is 4.39 Å². The molecule has 0 bridgehead atoms. The summed E-state index contributed by atoms with van der Waals surface area (Å²) >= 11 is 0. The van der Waals surface area contributed by atoms with Crippen LogP contribution < -0.4 is 10.6 Å². The van der Waals surface area contributed by atoms with E-state index >= 15 is 0 Å². The van der Waals surface area contributed by atoms with E-state index in [1.807, 2.05) is 36.7 Å². The molecule has 6 heteroatoms. The van der Waals surface area contributed by atoms with Gasteiger partial charge in [-0.2, -0.15) is 0 Å². The van der Waals surface area contributed by atoms with Gasteiger partial charge in [-0.05, 0) is 42.7 Å². The Hall–Kier alpha value is -2.89. The fourth-order valence-electron chi connectivity index (χ4n) is 2.84. The van der Waals surface area contributed by atoms with Gasteiger partial charge in [0, 0.05) is 26.7 Å². The highest BCUT2D eigenvalue weighted by Crippen LogP contribution is 2.11. The topological polar surface area (TPSA) is 54.2 Å². The summed E-state index contributed by atoms with van der Waals surface area (Å²) in [5, 5.41) is 6.60. The molecule has 136 valence electrons. The van der Waals surface area contributed by atoms with E-state index in [1.54, 1.807) is 7.05 Å². The lowest BCUT2D eigenvalue weighted by Crippen LogP contribution is -2.38. The van der Waals surface area contributed by atoms with Gasteiger partial charge in [-0.3, -0.25) is 4.99 Å². The predicted molar refractivity (Wildman–Crippen MR) is 104 cm³/mol. The van der Waals surface area contributed by atoms with Crippen LogP contribution in [0, 0.1) is 5.82 Å². The molecule has 1 aromatic heterocycles. The average Bonchev–Trinajstić information content (AvgIpc) is 3.08. The first-order valence-corrected chi connectivity index (χ1v) is 8.85. The quantitative estimate of drug-likeness (QED) is 0.390. The summed E-state index contributed by atoms with van der Waals surface area (Å²) in [4.78, 5) is 8.64. The molecule has 3 aromatic rings. The maximum Gasteiger partial charge on any atom is 0.190 e. The lowest BCUT2D eigenvalue weighted by molar-refractivity contribution is 0.626. The monoisotopic (exact) mass is 353 g/mol. The number of aryl methyl sites for hydroxylation is 1. The zero-order valence-corrected chi connectivity index (χ0v) is 15.0. The molecule has 0 radical (unpaired) electrons. The highest BCUT2D eigenvalue weighted by molar-refractivity contribution is 5.79. The van der Waals surface area contributed by atoms with Crippen molar-refractivity contribution in [2.45, 2.75) is 19.4 Å². The zero-order chi connectivity index (χ0) is 18.2. The first-order valence-electron chi connectivity index (χ1n) is 8.85. The number of hydrogen-bond acceptors (Lipinski definition) is 2. The van der Waals surface area contributed by atoms with E-state index in [4.69, 9.17) is 0 Å². The van der Waals surface area contributed by atoms with E-state index < -0.39 is 0 Å². The summed E-state index contributed by atoms with van der Waals surface area (Å²) in [7, 11) is 1.76. The Labute approximate surface area is 153 Å². The van der Waals surface area contributed by atoms with Gasteiger partial charge in [0.05, 0.1) is 17.4 Å². The number of benzene rings is 2. The molecule has 3 rings (SSSR count). The van der Waals surface area contributed by atoms with Crippen LogP contribution in [0.25, 0.3) is 11.0 Å². The number of nitrogens with one attached hydrogen (secondary N) is 2. The Bertz CT molecular complexity index is 854. The van der Waals surface area contributed by atoms with Gasteiger partial charge < -0.3 is 15.2 Å². The van der Waals surface area contributed by atoms with Crippen LogP contribution in [-0.2, 0) is 13.0 Å². The number of rotatable bonds is 7. The number of halogens is 1. The van der Waals surface area contributed by atoms with Crippen LogP contribution in [0.3, 0.4) is 0 Å². The summed E-state index contributed by atoms with van der Waals surface area (Å²) in [6.45, 7) is 2.47. The number of hydrogen-bond donors (Lipinski definition) is 2. The summed E-state index contributed by atoms with van der Waals surface area (Å²) in [5.41, 5.74) is 3.29. The summed E-state index contributed by atoms with van der Waals surface area (Å²) in [6, 6.07) is 14.7. The molecule has 0 aliphatic rings. The van der Waals surface area contributed by atoms with Crippen LogP contribution in [-0.4, -0.2) is 35.6 Å². The molecule has 0 fully saturated rings. The minimum atomic E-state index is -0.204. The van der Waals surface area contributed by atoms with Crippen molar-refractivity contribution in [2.24, 2.45) is 4.99 Å². The highest BCUT2D eigenvalue weighted by Gasteiger charge is 2.02. The predicted octanol–water partition coefficient (Wildman–Crippen LogP) is 2.97. The second-order valence-corrected chi connectivity index (χ2v) is 6.08. The van der Waals surface area contributed by atoms with E-state index in [-0.39, 0.29) is 5.82 Å². The van der Waals surface area contributed by atoms with Gasteiger partial charge in [-0.15, -0.1) is 0 Å². The fraction of sp³-hybridized carbons (Fsp3) is 0.300. The first kappa shape index (κ1) is 17.9. The maximum atomic E-state index is 12.9. The van der Waals surface area contributed by atoms with Crippen molar-refractivity contribution in [3.05, 3.63) is 66.2 Å². The van der Waals surface area contributed by atoms with Crippen molar-refractivity contribution in [1.82, 2.24) is 20.2 Å². The second-order valence-electron chi connectivity index (χ2n) is 6.08. The minimum absolute atomic E-state index is 0.204. The third kappa shape index (κ3) is 4.81. The molecule has 0 aliphatic heterocycles. The van der Waals surface area contributed by atoms with E-state index in [1.165, 1.54) is 12.1 Å². The van der Waals surface area contributed by atoms with E-state index in [2.05, 4.69) is 31.2 Å². The standard InChI is InChI=1S/C20H24FN5/c1-22-20(24-13-11-16-7-9-17(21)10-8-16)23-12-4-14-26-15-25-18-5-2-3-6-19(18)26/h2-3,5-10,15H,4,11-14H2,1H3,(H2,22,23,24). The van der Waals surface area contributed by atoms with Gasteiger partial charge in [-0.25, -0.2) is 9.37 Å². The number of aliphatic imine (C=N–C) groups is 1. The normalized spacial score (nSPS) is 11.7. The third-order valence-corrected chi connectivity index (χ3v) is 4.24. The zero-order valence-electron chi connectivity index (χ0n) is 15.0. The Balaban J connectivity index is 1.38. The molecule has 0 saturated heterocycles. The average molecular weight is 353 g/mol. The van der Waals surface area contributed by atoms with Gasteiger partial charge in [-0.1, -0.05) is 24.3 Å². The van der Waals surface area contributed by atoms with Gasteiger partial charge in [0.15, 0.2) is 5.96 Å². The van der Waals surface area contributed by atoms with Gasteiger partial charge in [0.1, 0.15) is 5.82 Å². The summed E-state index contributed by atoms with van der Waals surface area (Å²) in [6.07, 6.45) is 3.68. The SMILES string of the molecule is CN=C(NCCCn1cnc2ccccc21)NCCc1ccc(F)cc1. The van der Waals surface area contributed by atoms with Crippen LogP contribution in [0.1, 0.15) is 12.0 Å². The molecule has 0 atom stereocenters. The smallest absolute Gasteiger partial charge is 0.190 e. The maximum absolute atomic E-state index is 12.9. The Morgan fingerprint density at radius 1 is 1.08 bits per heavy atom. The molecule has 0 unspecified atom stereocenters. The van der Waals surface area contributed by atoms with Crippen molar-refractivity contribution >= 4 is 17.0 Å². The number of aromatic nitrogens is 2. The molecule has 1 heterocycles. The lowest BCUT2D eigenvalue weighted by atomic mass is 10.1. The summed E-state index contributed by atoms with van der Waals surface area (Å²) in [5.74, 6) is 0.576. The van der Waals surface area contributed by atoms with Gasteiger partial charge in [0.25, 0.3) is 0 Å². The molecule has 0 spiro atoms. The molecule has 2 N–H and O–H groups in total. The van der Waals surface area contributed by atoms with Gasteiger partial charge in [0.2, 0.25) is 0 Å². The molecule has 0 aliphatic carbocycles. The molecule has 0 amide bonds. The van der Waals surface area contributed by atoms with E-state index in [0.29, 0.717) is 0 Å². The van der Waals surface area contributed by atoms with Crippen LogP contribution >= 0.6 is 0 Å². The van der Waals surface area contributed by atoms with Crippen molar-refractivity contribution in [1.29, 1.82) is 0 Å². The lowest BCUT2D eigenvalue weighted by Gasteiger charge is -2.12. The fourth-order valence-corrected chi connectivity index (χ4v) is 2.84. The number of guanidine groups is 1. The van der Waals surface area contributed by atoms with Crippen molar-refractivity contribution in [3.63, 3.8) is 0 Å². The number of fused-ring (bicyclic) bond motifs is 1. The van der Waals surface area contributed by atoms with Gasteiger partial charge >= 0.3 is 0 Å². The Morgan fingerprint density at radius 3 is 2.65 bits per heavy atom. The van der Waals surface area contributed by atoms with Crippen LogP contribution in [0.4, 0.5) is 4.39 Å². The van der Waals surface area contributed by atoms with Crippen molar-refractivity contribution < 1.29 is 4.39 Å². The van der Waals surface area contributed by atoms with Crippen molar-refractivity contribution in [2.75, 3.05) is 20.1 Å². The van der Waals surface area contributed by atoms with Crippen LogP contribution in [0.15, 0.2) is 59.9 Å². The summed E-state index contributed by atoms with van der Waals surface area (Å²) < 4.78 is 15.1. The van der Waals surface area contributed by atoms with E-state index in [0.717, 1.165) is 55.0 Å². The van der Waals surface area contributed by atoms with Crippen LogP contribution in [0.2, 0.25) is 0 Å². The number of nitrogens with zero attached hydrogens (tertiary/aromatic N) is 3. The Morgan fingerprint density at radius 2 is 1.85 bits per heavy atom. The third-order valence-electron chi connectivity index (χ3n) is 4.24. The molecular weight excluding hydrogens is 329 g/mol. The minimum Gasteiger partial charge on any atom is -0.356 e.